The van der Waals surface area contributed by atoms with E-state index >= 15 is 0 Å². The summed E-state index contributed by atoms with van der Waals surface area (Å²) in [5, 5.41) is 5.92. The number of nitrogens with one attached hydrogen (secondary N) is 2. The van der Waals surface area contributed by atoms with Gasteiger partial charge in [-0.2, -0.15) is 0 Å². The van der Waals surface area contributed by atoms with Gasteiger partial charge in [0, 0.05) is 26.2 Å². The van der Waals surface area contributed by atoms with E-state index in [9.17, 15) is 9.59 Å². The van der Waals surface area contributed by atoms with E-state index in [2.05, 4.69) is 29.4 Å². The number of hydrogen-bond donors (Lipinski definition) is 2. The molecule has 0 radical (unpaired) electrons. The molecule has 1 fully saturated rings. The highest BCUT2D eigenvalue weighted by molar-refractivity contribution is 5.88. The molecule has 27 heavy (non-hydrogen) atoms. The maximum absolute atomic E-state index is 12.6. The van der Waals surface area contributed by atoms with Gasteiger partial charge in [0.2, 0.25) is 11.8 Å². The molecule has 5 nitrogen and oxygen atoms in total. The third-order valence-corrected chi connectivity index (χ3v) is 5.14. The molecule has 1 aromatic rings. The van der Waals surface area contributed by atoms with E-state index in [1.807, 2.05) is 44.2 Å². The number of carbonyl (C=O) groups excluding carboxylic acids is 2. The normalized spacial score (nSPS) is 21.7. The lowest BCUT2D eigenvalue weighted by molar-refractivity contribution is -0.129. The summed E-state index contributed by atoms with van der Waals surface area (Å²) in [4.78, 5) is 27.4. The standard InChI is InChI=1S/C22H35N3O2/c1-16(2)21(24-20(26)13-19-8-6-5-7-9-19)22(27)23-10-11-25-14-17(3)12-18(4)15-25/h5-9,16-18,21H,10-15H2,1-4H3,(H,23,27)(H,24,26). The Hall–Kier alpha value is -1.88. The van der Waals surface area contributed by atoms with E-state index in [-0.39, 0.29) is 17.7 Å². The average molecular weight is 374 g/mol. The topological polar surface area (TPSA) is 61.4 Å². The summed E-state index contributed by atoms with van der Waals surface area (Å²) in [6, 6.07) is 9.10. The minimum atomic E-state index is -0.500. The third kappa shape index (κ3) is 7.33. The number of benzene rings is 1. The second-order valence-corrected chi connectivity index (χ2v) is 8.45. The lowest BCUT2D eigenvalue weighted by Gasteiger charge is -2.35. The first kappa shape index (κ1) is 21.4. The minimum Gasteiger partial charge on any atom is -0.353 e. The molecule has 1 aliphatic heterocycles. The van der Waals surface area contributed by atoms with Crippen LogP contribution in [0.3, 0.4) is 0 Å². The Balaban J connectivity index is 1.79. The number of piperidine rings is 1. The van der Waals surface area contributed by atoms with Gasteiger partial charge >= 0.3 is 0 Å². The van der Waals surface area contributed by atoms with Crippen molar-refractivity contribution < 1.29 is 9.59 Å². The highest BCUT2D eigenvalue weighted by Crippen LogP contribution is 2.20. The zero-order chi connectivity index (χ0) is 19.8. The molecule has 2 N–H and O–H groups in total. The molecular weight excluding hydrogens is 338 g/mol. The van der Waals surface area contributed by atoms with Crippen LogP contribution in [0.25, 0.3) is 0 Å². The SMILES string of the molecule is CC1CC(C)CN(CCNC(=O)C(NC(=O)Cc2ccccc2)C(C)C)C1. The molecule has 3 unspecified atom stereocenters. The van der Waals surface area contributed by atoms with E-state index in [4.69, 9.17) is 0 Å². The first-order valence-corrected chi connectivity index (χ1v) is 10.2. The Bertz CT molecular complexity index is 593. The van der Waals surface area contributed by atoms with Crippen molar-refractivity contribution in [2.75, 3.05) is 26.2 Å². The predicted molar refractivity (Wildman–Crippen MR) is 109 cm³/mol. The zero-order valence-corrected chi connectivity index (χ0v) is 17.2. The van der Waals surface area contributed by atoms with Gasteiger partial charge in [0.15, 0.2) is 0 Å². The largest absolute Gasteiger partial charge is 0.353 e. The number of rotatable bonds is 8. The molecule has 150 valence electrons. The van der Waals surface area contributed by atoms with E-state index < -0.39 is 6.04 Å². The van der Waals surface area contributed by atoms with Gasteiger partial charge in [0.05, 0.1) is 6.42 Å². The Kier molecular flexibility index (Phi) is 8.29. The second kappa shape index (κ2) is 10.5. The minimum absolute atomic E-state index is 0.0414. The van der Waals surface area contributed by atoms with Crippen molar-refractivity contribution in [2.45, 2.75) is 46.6 Å². The molecule has 1 saturated heterocycles. The summed E-state index contributed by atoms with van der Waals surface area (Å²) in [5.41, 5.74) is 0.950. The monoisotopic (exact) mass is 373 g/mol. The van der Waals surface area contributed by atoms with Gasteiger partial charge in [-0.3, -0.25) is 9.59 Å². The molecule has 1 aromatic carbocycles. The average Bonchev–Trinajstić information content (AvgIpc) is 2.59. The molecule has 5 heteroatoms. The van der Waals surface area contributed by atoms with Crippen molar-refractivity contribution in [3.05, 3.63) is 35.9 Å². The Morgan fingerprint density at radius 3 is 2.33 bits per heavy atom. The van der Waals surface area contributed by atoms with Crippen molar-refractivity contribution in [3.63, 3.8) is 0 Å². The van der Waals surface area contributed by atoms with Gasteiger partial charge in [0.1, 0.15) is 6.04 Å². The molecule has 2 amide bonds. The summed E-state index contributed by atoms with van der Waals surface area (Å²) in [5.74, 6) is 1.26. The number of likely N-dealkylation sites (tertiary alicyclic amines) is 1. The molecule has 0 saturated carbocycles. The molecule has 3 atom stereocenters. The zero-order valence-electron chi connectivity index (χ0n) is 17.2. The van der Waals surface area contributed by atoms with Gasteiger partial charge in [-0.15, -0.1) is 0 Å². The molecule has 1 aliphatic rings. The molecule has 2 rings (SSSR count). The maximum atomic E-state index is 12.6. The smallest absolute Gasteiger partial charge is 0.242 e. The summed E-state index contributed by atoms with van der Waals surface area (Å²) in [6.07, 6.45) is 1.58. The van der Waals surface area contributed by atoms with Gasteiger partial charge < -0.3 is 15.5 Å². The second-order valence-electron chi connectivity index (χ2n) is 8.45. The van der Waals surface area contributed by atoms with Crippen LogP contribution in [0.4, 0.5) is 0 Å². The van der Waals surface area contributed by atoms with E-state index in [1.54, 1.807) is 0 Å². The Labute approximate surface area is 163 Å². The first-order valence-electron chi connectivity index (χ1n) is 10.2. The summed E-state index contributed by atoms with van der Waals surface area (Å²) >= 11 is 0. The van der Waals surface area contributed by atoms with Crippen LogP contribution >= 0.6 is 0 Å². The summed E-state index contributed by atoms with van der Waals surface area (Å²) < 4.78 is 0. The van der Waals surface area contributed by atoms with Crippen LogP contribution in [0.1, 0.15) is 39.7 Å². The van der Waals surface area contributed by atoms with E-state index in [0.29, 0.717) is 24.8 Å². The Morgan fingerprint density at radius 2 is 1.74 bits per heavy atom. The fourth-order valence-corrected chi connectivity index (χ4v) is 3.96. The van der Waals surface area contributed by atoms with Crippen LogP contribution in [0.15, 0.2) is 30.3 Å². The van der Waals surface area contributed by atoms with Crippen molar-refractivity contribution in [1.82, 2.24) is 15.5 Å². The molecule has 0 spiro atoms. The van der Waals surface area contributed by atoms with Crippen molar-refractivity contribution in [1.29, 1.82) is 0 Å². The summed E-state index contributed by atoms with van der Waals surface area (Å²) in [6.45, 7) is 12.2. The first-order chi connectivity index (χ1) is 12.8. The third-order valence-electron chi connectivity index (χ3n) is 5.14. The van der Waals surface area contributed by atoms with Crippen LogP contribution in [0.2, 0.25) is 0 Å². The van der Waals surface area contributed by atoms with Gasteiger partial charge in [-0.05, 0) is 29.7 Å². The van der Waals surface area contributed by atoms with Crippen LogP contribution in [0, 0.1) is 17.8 Å². The number of hydrogen-bond acceptors (Lipinski definition) is 3. The highest BCUT2D eigenvalue weighted by atomic mass is 16.2. The van der Waals surface area contributed by atoms with Crippen LogP contribution < -0.4 is 10.6 Å². The quantitative estimate of drug-likeness (QED) is 0.736. The molecule has 0 aromatic heterocycles. The van der Waals surface area contributed by atoms with Gasteiger partial charge in [-0.1, -0.05) is 58.0 Å². The van der Waals surface area contributed by atoms with E-state index in [1.165, 1.54) is 6.42 Å². The molecule has 1 heterocycles. The predicted octanol–water partition coefficient (Wildman–Crippen LogP) is 2.46. The van der Waals surface area contributed by atoms with Crippen LogP contribution in [-0.4, -0.2) is 48.9 Å². The lowest BCUT2D eigenvalue weighted by atomic mass is 9.92. The fourth-order valence-electron chi connectivity index (χ4n) is 3.96. The van der Waals surface area contributed by atoms with Gasteiger partial charge in [0.25, 0.3) is 0 Å². The highest BCUT2D eigenvalue weighted by Gasteiger charge is 2.25. The maximum Gasteiger partial charge on any atom is 0.242 e. The van der Waals surface area contributed by atoms with Crippen LogP contribution in [-0.2, 0) is 16.0 Å². The van der Waals surface area contributed by atoms with E-state index in [0.717, 1.165) is 25.2 Å². The van der Waals surface area contributed by atoms with Crippen molar-refractivity contribution in [3.8, 4) is 0 Å². The van der Waals surface area contributed by atoms with Crippen LogP contribution in [0.5, 0.6) is 0 Å². The fraction of sp³-hybridized carbons (Fsp3) is 0.636. The molecular formula is C22H35N3O2. The summed E-state index contributed by atoms with van der Waals surface area (Å²) in [7, 11) is 0. The molecule has 0 aliphatic carbocycles. The Morgan fingerprint density at radius 1 is 1.11 bits per heavy atom. The lowest BCUT2D eigenvalue weighted by Crippen LogP contribution is -2.51. The molecule has 0 bridgehead atoms. The number of amides is 2. The van der Waals surface area contributed by atoms with Gasteiger partial charge in [-0.25, -0.2) is 0 Å². The number of nitrogens with zero attached hydrogens (tertiary/aromatic N) is 1. The van der Waals surface area contributed by atoms with Crippen molar-refractivity contribution in [2.24, 2.45) is 17.8 Å². The number of carbonyl (C=O) groups is 2. The van der Waals surface area contributed by atoms with Crippen molar-refractivity contribution >= 4 is 11.8 Å².